The molecule has 28 heavy (non-hydrogen) atoms. The van der Waals surface area contributed by atoms with Gasteiger partial charge in [-0.25, -0.2) is 14.2 Å². The molecule has 1 heterocycles. The molecule has 2 aromatic carbocycles. The molecule has 3 rings (SSSR count). The topological polar surface area (TPSA) is 104 Å². The van der Waals surface area contributed by atoms with Crippen LogP contribution in [0.25, 0.3) is 11.0 Å². The van der Waals surface area contributed by atoms with Crippen molar-refractivity contribution in [1.29, 1.82) is 0 Å². The lowest BCUT2D eigenvalue weighted by atomic mass is 10.1. The number of hydrogen-bond donors (Lipinski definition) is 3. The molecule has 146 valence electrons. The van der Waals surface area contributed by atoms with Gasteiger partial charge in [0.1, 0.15) is 17.4 Å². The van der Waals surface area contributed by atoms with Crippen LogP contribution >= 0.6 is 0 Å². The van der Waals surface area contributed by atoms with Crippen molar-refractivity contribution in [3.8, 4) is 5.75 Å². The maximum Gasteiger partial charge on any atom is 0.341 e. The van der Waals surface area contributed by atoms with E-state index in [0.29, 0.717) is 52.3 Å². The number of carbonyl (C=O) groups excluding carboxylic acids is 1. The third-order valence-electron chi connectivity index (χ3n) is 4.20. The second-order valence-corrected chi connectivity index (χ2v) is 6.47. The summed E-state index contributed by atoms with van der Waals surface area (Å²) in [7, 11) is 0. The van der Waals surface area contributed by atoms with Crippen LogP contribution in [-0.4, -0.2) is 40.1 Å². The molecule has 1 amide bonds. The average molecular weight is 385 g/mol. The van der Waals surface area contributed by atoms with Gasteiger partial charge in [-0.05, 0) is 55.3 Å². The first-order chi connectivity index (χ1) is 13.3. The van der Waals surface area contributed by atoms with E-state index in [-0.39, 0.29) is 11.7 Å². The van der Waals surface area contributed by atoms with Gasteiger partial charge in [-0.1, -0.05) is 0 Å². The second-order valence-electron chi connectivity index (χ2n) is 6.47. The molecule has 0 aliphatic heterocycles. The maximum atomic E-state index is 13.2. The molecule has 1 aromatic heterocycles. The van der Waals surface area contributed by atoms with Crippen molar-refractivity contribution in [2.24, 2.45) is 0 Å². The normalized spacial score (nSPS) is 10.8. The van der Waals surface area contributed by atoms with E-state index >= 15 is 0 Å². The third kappa shape index (κ3) is 4.46. The lowest BCUT2D eigenvalue weighted by Gasteiger charge is -2.13. The van der Waals surface area contributed by atoms with Gasteiger partial charge in [0.2, 0.25) is 0 Å². The van der Waals surface area contributed by atoms with Gasteiger partial charge < -0.3 is 20.1 Å². The van der Waals surface area contributed by atoms with E-state index in [4.69, 9.17) is 9.84 Å². The summed E-state index contributed by atoms with van der Waals surface area (Å²) in [6.07, 6.45) is 0.472. The predicted octanol–water partition coefficient (Wildman–Crippen LogP) is 2.75. The van der Waals surface area contributed by atoms with Crippen LogP contribution in [0.3, 0.4) is 0 Å². The van der Waals surface area contributed by atoms with Crippen LogP contribution in [0.1, 0.15) is 27.3 Å². The Hall–Kier alpha value is -3.42. The Morgan fingerprint density at radius 2 is 1.93 bits per heavy atom. The lowest BCUT2D eigenvalue weighted by molar-refractivity contribution is -0.139. The molecule has 0 aliphatic carbocycles. The van der Waals surface area contributed by atoms with Crippen LogP contribution in [-0.2, 0) is 11.2 Å². The van der Waals surface area contributed by atoms with E-state index in [1.807, 2.05) is 0 Å². The van der Waals surface area contributed by atoms with Crippen LogP contribution in [0.15, 0.2) is 30.3 Å². The summed E-state index contributed by atoms with van der Waals surface area (Å²) in [4.78, 5) is 30.5. The molecular weight excluding hydrogens is 365 g/mol. The summed E-state index contributed by atoms with van der Waals surface area (Å²) in [5.74, 6) is -0.524. The highest BCUT2D eigenvalue weighted by Crippen LogP contribution is 2.25. The molecule has 0 saturated carbocycles. The quantitative estimate of drug-likeness (QED) is 0.580. The number of aromatic amines is 1. The Kier molecular flexibility index (Phi) is 5.58. The third-order valence-corrected chi connectivity index (χ3v) is 4.20. The Bertz CT molecular complexity index is 1020. The molecule has 0 unspecified atom stereocenters. The number of amides is 1. The van der Waals surface area contributed by atoms with E-state index in [0.717, 1.165) is 0 Å². The number of halogens is 1. The summed E-state index contributed by atoms with van der Waals surface area (Å²) in [6.45, 7) is 3.44. The Balaban J connectivity index is 1.61. The first-order valence-electron chi connectivity index (χ1n) is 8.71. The zero-order valence-electron chi connectivity index (χ0n) is 15.5. The maximum absolute atomic E-state index is 13.2. The fraction of sp³-hybridized carbons (Fsp3) is 0.250. The van der Waals surface area contributed by atoms with Crippen LogP contribution in [0, 0.1) is 19.7 Å². The number of aliphatic carboxylic acids is 1. The summed E-state index contributed by atoms with van der Waals surface area (Å²) in [5, 5.41) is 11.6. The van der Waals surface area contributed by atoms with E-state index < -0.39 is 12.6 Å². The van der Waals surface area contributed by atoms with E-state index in [2.05, 4.69) is 15.3 Å². The van der Waals surface area contributed by atoms with Crippen molar-refractivity contribution in [2.45, 2.75) is 20.3 Å². The smallest absolute Gasteiger partial charge is 0.341 e. The number of H-pyrrole nitrogens is 1. The van der Waals surface area contributed by atoms with Crippen LogP contribution < -0.4 is 10.1 Å². The van der Waals surface area contributed by atoms with Gasteiger partial charge in [0.15, 0.2) is 6.61 Å². The number of rotatable bonds is 7. The van der Waals surface area contributed by atoms with Crippen LogP contribution in [0.5, 0.6) is 5.75 Å². The van der Waals surface area contributed by atoms with Crippen LogP contribution in [0.2, 0.25) is 0 Å². The van der Waals surface area contributed by atoms with E-state index in [1.165, 1.54) is 12.1 Å². The van der Waals surface area contributed by atoms with Crippen molar-refractivity contribution >= 4 is 22.9 Å². The van der Waals surface area contributed by atoms with Crippen molar-refractivity contribution in [1.82, 2.24) is 15.3 Å². The molecule has 0 bridgehead atoms. The predicted molar refractivity (Wildman–Crippen MR) is 101 cm³/mol. The Morgan fingerprint density at radius 3 is 2.61 bits per heavy atom. The summed E-state index contributed by atoms with van der Waals surface area (Å²) in [6, 6.07) is 7.64. The van der Waals surface area contributed by atoms with Crippen molar-refractivity contribution in [3.63, 3.8) is 0 Å². The molecule has 0 fully saturated rings. The first kappa shape index (κ1) is 19.3. The number of hydrogen-bond acceptors (Lipinski definition) is 4. The highest BCUT2D eigenvalue weighted by molar-refractivity contribution is 5.95. The minimum atomic E-state index is -1.06. The monoisotopic (exact) mass is 385 g/mol. The number of carboxylic acids is 1. The van der Waals surface area contributed by atoms with Crippen molar-refractivity contribution in [3.05, 3.63) is 58.7 Å². The highest BCUT2D eigenvalue weighted by atomic mass is 19.1. The first-order valence-corrected chi connectivity index (χ1v) is 8.71. The Labute approximate surface area is 160 Å². The summed E-state index contributed by atoms with van der Waals surface area (Å²) < 4.78 is 18.5. The lowest BCUT2D eigenvalue weighted by Crippen LogP contribution is -2.26. The van der Waals surface area contributed by atoms with Crippen LogP contribution in [0.4, 0.5) is 4.39 Å². The number of benzene rings is 2. The second kappa shape index (κ2) is 8.08. The molecule has 3 aromatic rings. The molecule has 7 nitrogen and oxygen atoms in total. The zero-order chi connectivity index (χ0) is 20.3. The van der Waals surface area contributed by atoms with Gasteiger partial charge in [0, 0.05) is 18.5 Å². The van der Waals surface area contributed by atoms with E-state index in [1.54, 1.807) is 32.0 Å². The van der Waals surface area contributed by atoms with Gasteiger partial charge >= 0.3 is 5.97 Å². The molecular formula is C20H20FN3O4. The molecule has 0 atom stereocenters. The van der Waals surface area contributed by atoms with E-state index in [9.17, 15) is 14.0 Å². The number of aromatic nitrogens is 2. The van der Waals surface area contributed by atoms with Gasteiger partial charge in [-0.3, -0.25) is 4.79 Å². The minimum absolute atomic E-state index is 0.252. The highest BCUT2D eigenvalue weighted by Gasteiger charge is 2.13. The average Bonchev–Trinajstić information content (AvgIpc) is 3.02. The molecule has 0 saturated heterocycles. The molecule has 0 spiro atoms. The standard InChI is InChI=1S/C20H20FN3O4/c1-11-7-13(8-12(2)19(11)28-10-18(25)26)20(27)22-6-5-17-23-15-4-3-14(21)9-16(15)24-17/h3-4,7-9H,5-6,10H2,1-2H3,(H,22,27)(H,23,24)(H,25,26). The fourth-order valence-corrected chi connectivity index (χ4v) is 2.99. The number of aryl methyl sites for hydroxylation is 2. The number of ether oxygens (including phenoxy) is 1. The van der Waals surface area contributed by atoms with Gasteiger partial charge in [0.25, 0.3) is 5.91 Å². The largest absolute Gasteiger partial charge is 0.481 e. The fourth-order valence-electron chi connectivity index (χ4n) is 2.99. The van der Waals surface area contributed by atoms with Gasteiger partial charge in [-0.2, -0.15) is 0 Å². The van der Waals surface area contributed by atoms with Crippen molar-refractivity contribution in [2.75, 3.05) is 13.2 Å². The minimum Gasteiger partial charge on any atom is -0.481 e. The molecule has 0 aliphatic rings. The number of nitrogens with zero attached hydrogens (tertiary/aromatic N) is 1. The van der Waals surface area contributed by atoms with Gasteiger partial charge in [0.05, 0.1) is 11.0 Å². The van der Waals surface area contributed by atoms with Gasteiger partial charge in [-0.15, -0.1) is 0 Å². The number of carboxylic acid groups (broad SMARTS) is 1. The molecule has 8 heteroatoms. The van der Waals surface area contributed by atoms with Crippen molar-refractivity contribution < 1.29 is 23.8 Å². The molecule has 3 N–H and O–H groups in total. The Morgan fingerprint density at radius 1 is 1.21 bits per heavy atom. The summed E-state index contributed by atoms with van der Waals surface area (Å²) in [5.41, 5.74) is 3.12. The molecule has 0 radical (unpaired) electrons. The number of nitrogens with one attached hydrogen (secondary N) is 2. The number of imidazole rings is 1. The SMILES string of the molecule is Cc1cc(C(=O)NCCc2nc3ccc(F)cc3[nH]2)cc(C)c1OCC(=O)O. The number of carbonyl (C=O) groups is 2. The number of fused-ring (bicyclic) bond motifs is 1. The summed E-state index contributed by atoms with van der Waals surface area (Å²) >= 11 is 0. The zero-order valence-corrected chi connectivity index (χ0v) is 15.5.